The maximum Gasteiger partial charge on any atom is 0.326 e. The largest absolute Gasteiger partial charge is 0.480 e. The molecule has 1 saturated carbocycles. The summed E-state index contributed by atoms with van der Waals surface area (Å²) in [6.45, 7) is 2.12. The Balaban J connectivity index is 2.26. The van der Waals surface area contributed by atoms with Gasteiger partial charge < -0.3 is 10.4 Å². The summed E-state index contributed by atoms with van der Waals surface area (Å²) in [5, 5.41) is 11.8. The van der Waals surface area contributed by atoms with Crippen LogP contribution in [0.4, 0.5) is 0 Å². The first-order chi connectivity index (χ1) is 9.13. The third-order valence-electron chi connectivity index (χ3n) is 3.93. The SMILES string of the molecule is CCCCCC[C@H](NC(=O)CC1CCCC1)C(=O)O. The predicted molar refractivity (Wildman–Crippen MR) is 74.9 cm³/mol. The van der Waals surface area contributed by atoms with Crippen LogP contribution < -0.4 is 5.32 Å². The molecule has 1 amide bonds. The maximum atomic E-state index is 11.8. The summed E-state index contributed by atoms with van der Waals surface area (Å²) in [5.74, 6) is -0.527. The molecule has 1 atom stereocenters. The van der Waals surface area contributed by atoms with E-state index in [0.29, 0.717) is 18.8 Å². The van der Waals surface area contributed by atoms with Gasteiger partial charge in [0.25, 0.3) is 0 Å². The molecule has 0 unspecified atom stereocenters. The first kappa shape index (κ1) is 16.0. The fraction of sp³-hybridized carbons (Fsp3) is 0.867. The number of carboxylic acid groups (broad SMARTS) is 1. The zero-order chi connectivity index (χ0) is 14.1. The van der Waals surface area contributed by atoms with Crippen molar-refractivity contribution in [2.75, 3.05) is 0 Å². The molecule has 110 valence electrons. The van der Waals surface area contributed by atoms with E-state index in [4.69, 9.17) is 5.11 Å². The van der Waals surface area contributed by atoms with Crippen molar-refractivity contribution >= 4 is 11.9 Å². The fourth-order valence-corrected chi connectivity index (χ4v) is 2.76. The molecule has 19 heavy (non-hydrogen) atoms. The van der Waals surface area contributed by atoms with Crippen LogP contribution in [-0.2, 0) is 9.59 Å². The first-order valence-electron chi connectivity index (χ1n) is 7.65. The van der Waals surface area contributed by atoms with Crippen molar-refractivity contribution in [2.24, 2.45) is 5.92 Å². The lowest BCUT2D eigenvalue weighted by Crippen LogP contribution is -2.41. The Morgan fingerprint density at radius 3 is 2.47 bits per heavy atom. The van der Waals surface area contributed by atoms with Crippen LogP contribution in [0.25, 0.3) is 0 Å². The van der Waals surface area contributed by atoms with Crippen molar-refractivity contribution in [1.29, 1.82) is 0 Å². The number of carbonyl (C=O) groups is 2. The summed E-state index contributed by atoms with van der Waals surface area (Å²) >= 11 is 0. The second-order valence-electron chi connectivity index (χ2n) is 5.66. The number of rotatable bonds is 9. The van der Waals surface area contributed by atoms with E-state index >= 15 is 0 Å². The van der Waals surface area contributed by atoms with E-state index in [1.165, 1.54) is 12.8 Å². The number of hydrogen-bond acceptors (Lipinski definition) is 2. The van der Waals surface area contributed by atoms with Gasteiger partial charge in [0.1, 0.15) is 6.04 Å². The Hall–Kier alpha value is -1.06. The molecule has 2 N–H and O–H groups in total. The van der Waals surface area contributed by atoms with Crippen LogP contribution in [0.2, 0.25) is 0 Å². The summed E-state index contributed by atoms with van der Waals surface area (Å²) in [5.41, 5.74) is 0. The molecule has 1 aliphatic rings. The van der Waals surface area contributed by atoms with Gasteiger partial charge in [0, 0.05) is 6.42 Å². The van der Waals surface area contributed by atoms with Crippen LogP contribution in [0.5, 0.6) is 0 Å². The molecule has 0 bridgehead atoms. The minimum atomic E-state index is -0.906. The van der Waals surface area contributed by atoms with Gasteiger partial charge in [-0.3, -0.25) is 4.79 Å². The fourth-order valence-electron chi connectivity index (χ4n) is 2.76. The summed E-state index contributed by atoms with van der Waals surface area (Å²) in [6.07, 6.45) is 9.85. The number of carbonyl (C=O) groups excluding carboxylic acids is 1. The number of carboxylic acids is 1. The number of nitrogens with one attached hydrogen (secondary N) is 1. The van der Waals surface area contributed by atoms with Crippen LogP contribution in [-0.4, -0.2) is 23.0 Å². The topological polar surface area (TPSA) is 66.4 Å². The molecule has 0 aromatic rings. The lowest BCUT2D eigenvalue weighted by molar-refractivity contribution is -0.142. The van der Waals surface area contributed by atoms with E-state index in [1.54, 1.807) is 0 Å². The van der Waals surface area contributed by atoms with Gasteiger partial charge in [-0.05, 0) is 25.2 Å². The average Bonchev–Trinajstić information content (AvgIpc) is 2.85. The summed E-state index contributed by atoms with van der Waals surface area (Å²) in [4.78, 5) is 22.9. The molecule has 0 heterocycles. The lowest BCUT2D eigenvalue weighted by atomic mass is 10.0. The molecular formula is C15H27NO3. The highest BCUT2D eigenvalue weighted by Crippen LogP contribution is 2.27. The second-order valence-corrected chi connectivity index (χ2v) is 5.66. The predicted octanol–water partition coefficient (Wildman–Crippen LogP) is 3.11. The lowest BCUT2D eigenvalue weighted by Gasteiger charge is -2.16. The van der Waals surface area contributed by atoms with E-state index in [1.807, 2.05) is 0 Å². The van der Waals surface area contributed by atoms with Gasteiger partial charge in [0.15, 0.2) is 0 Å². The summed E-state index contributed by atoms with van der Waals surface area (Å²) < 4.78 is 0. The highest BCUT2D eigenvalue weighted by atomic mass is 16.4. The van der Waals surface area contributed by atoms with Gasteiger partial charge in [-0.15, -0.1) is 0 Å². The molecule has 0 spiro atoms. The molecule has 0 aromatic carbocycles. The highest BCUT2D eigenvalue weighted by Gasteiger charge is 2.23. The number of amides is 1. The minimum Gasteiger partial charge on any atom is -0.480 e. The summed E-state index contributed by atoms with van der Waals surface area (Å²) in [7, 11) is 0. The molecule has 0 aliphatic heterocycles. The Kier molecular flexibility index (Phi) is 7.53. The van der Waals surface area contributed by atoms with Crippen molar-refractivity contribution in [1.82, 2.24) is 5.32 Å². The average molecular weight is 269 g/mol. The second kappa shape index (κ2) is 8.94. The third kappa shape index (κ3) is 6.60. The third-order valence-corrected chi connectivity index (χ3v) is 3.93. The molecule has 0 saturated heterocycles. The van der Waals surface area contributed by atoms with E-state index in [2.05, 4.69) is 12.2 Å². The van der Waals surface area contributed by atoms with Crippen LogP contribution >= 0.6 is 0 Å². The van der Waals surface area contributed by atoms with Gasteiger partial charge in [-0.1, -0.05) is 45.4 Å². The molecule has 0 aromatic heterocycles. The molecule has 4 nitrogen and oxygen atoms in total. The van der Waals surface area contributed by atoms with Crippen LogP contribution in [0.1, 0.15) is 71.1 Å². The van der Waals surface area contributed by atoms with Crippen LogP contribution in [0, 0.1) is 5.92 Å². The van der Waals surface area contributed by atoms with Gasteiger partial charge in [-0.25, -0.2) is 4.79 Å². The van der Waals surface area contributed by atoms with E-state index < -0.39 is 12.0 Å². The van der Waals surface area contributed by atoms with E-state index in [9.17, 15) is 9.59 Å². The number of aliphatic carboxylic acids is 1. The molecule has 1 fully saturated rings. The van der Waals surface area contributed by atoms with Crippen LogP contribution in [0.3, 0.4) is 0 Å². The smallest absolute Gasteiger partial charge is 0.326 e. The summed E-state index contributed by atoms with van der Waals surface area (Å²) in [6, 6.07) is -0.703. The molecule has 1 rings (SSSR count). The van der Waals surface area contributed by atoms with Gasteiger partial charge in [0.2, 0.25) is 5.91 Å². The quantitative estimate of drug-likeness (QED) is 0.632. The Morgan fingerprint density at radius 1 is 1.21 bits per heavy atom. The number of unbranched alkanes of at least 4 members (excludes halogenated alkanes) is 3. The van der Waals surface area contributed by atoms with Gasteiger partial charge >= 0.3 is 5.97 Å². The van der Waals surface area contributed by atoms with Crippen molar-refractivity contribution in [3.05, 3.63) is 0 Å². The monoisotopic (exact) mass is 269 g/mol. The van der Waals surface area contributed by atoms with Crippen LogP contribution in [0.15, 0.2) is 0 Å². The van der Waals surface area contributed by atoms with Crippen molar-refractivity contribution in [3.8, 4) is 0 Å². The zero-order valence-corrected chi connectivity index (χ0v) is 12.0. The maximum absolute atomic E-state index is 11.8. The minimum absolute atomic E-state index is 0.0882. The van der Waals surface area contributed by atoms with Crippen molar-refractivity contribution in [2.45, 2.75) is 77.2 Å². The van der Waals surface area contributed by atoms with Gasteiger partial charge in [-0.2, -0.15) is 0 Å². The van der Waals surface area contributed by atoms with Crippen molar-refractivity contribution < 1.29 is 14.7 Å². The molecular weight excluding hydrogens is 242 g/mol. The Labute approximate surface area is 116 Å². The zero-order valence-electron chi connectivity index (χ0n) is 12.0. The first-order valence-corrected chi connectivity index (χ1v) is 7.65. The molecule has 4 heteroatoms. The van der Waals surface area contributed by atoms with Gasteiger partial charge in [0.05, 0.1) is 0 Å². The molecule has 1 aliphatic carbocycles. The Morgan fingerprint density at radius 2 is 1.89 bits per heavy atom. The molecule has 0 radical (unpaired) electrons. The van der Waals surface area contributed by atoms with Crippen molar-refractivity contribution in [3.63, 3.8) is 0 Å². The number of hydrogen-bond donors (Lipinski definition) is 2. The van der Waals surface area contributed by atoms with E-state index in [-0.39, 0.29) is 5.91 Å². The Bertz CT molecular complexity index is 285. The standard InChI is InChI=1S/C15H27NO3/c1-2-3-4-5-10-13(15(18)19)16-14(17)11-12-8-6-7-9-12/h12-13H,2-11H2,1H3,(H,16,17)(H,18,19)/t13-/m0/s1. The highest BCUT2D eigenvalue weighted by molar-refractivity contribution is 5.83. The van der Waals surface area contributed by atoms with E-state index in [0.717, 1.165) is 38.5 Å². The normalized spacial score (nSPS) is 17.3.